The maximum absolute atomic E-state index is 13.6. The Morgan fingerprint density at radius 2 is 1.64 bits per heavy atom. The number of halogens is 2. The number of para-hydroxylation sites is 2. The first-order valence-electron chi connectivity index (χ1n) is 14.6. The number of nitrogens with one attached hydrogen (secondary N) is 1. The molecule has 0 atom stereocenters. The highest BCUT2D eigenvalue weighted by atomic mass is 79.9. The molecule has 0 spiro atoms. The Bertz CT molecular complexity index is 1370. The maximum Gasteiger partial charge on any atom is 0.339 e. The number of carboxylic acid groups (broad SMARTS) is 1. The normalized spacial score (nSPS) is 15.4. The topological polar surface area (TPSA) is 82.1 Å². The lowest BCUT2D eigenvalue weighted by atomic mass is 9.84. The molecule has 1 saturated carbocycles. The average molecular weight is 657 g/mol. The molecule has 0 bridgehead atoms. The second kappa shape index (κ2) is 14.8. The summed E-state index contributed by atoms with van der Waals surface area (Å²) in [6.45, 7) is 1.98. The van der Waals surface area contributed by atoms with Gasteiger partial charge in [0.2, 0.25) is 5.91 Å². The van der Waals surface area contributed by atoms with Gasteiger partial charge in [-0.3, -0.25) is 15.2 Å². The molecule has 42 heavy (non-hydrogen) atoms. The van der Waals surface area contributed by atoms with Gasteiger partial charge in [-0.15, -0.1) is 12.4 Å². The highest BCUT2D eigenvalue weighted by molar-refractivity contribution is 9.10. The van der Waals surface area contributed by atoms with Gasteiger partial charge in [-0.1, -0.05) is 59.5 Å². The number of carbonyl (C=O) groups excluding carboxylic acids is 1. The molecule has 1 heterocycles. The number of amides is 1. The molecule has 7 nitrogen and oxygen atoms in total. The largest absolute Gasteiger partial charge is 0.496 e. The number of carbonyl (C=O) groups is 2. The van der Waals surface area contributed by atoms with Gasteiger partial charge < -0.3 is 14.7 Å². The van der Waals surface area contributed by atoms with Crippen molar-refractivity contribution in [2.45, 2.75) is 63.7 Å². The molecule has 3 aromatic rings. The molecule has 0 radical (unpaired) electrons. The van der Waals surface area contributed by atoms with Crippen LogP contribution in [0.2, 0.25) is 0 Å². The molecule has 3 aromatic carbocycles. The van der Waals surface area contributed by atoms with Gasteiger partial charge in [0.1, 0.15) is 11.3 Å². The van der Waals surface area contributed by atoms with E-state index in [1.807, 2.05) is 17.1 Å². The van der Waals surface area contributed by atoms with Gasteiger partial charge in [0.25, 0.3) is 0 Å². The van der Waals surface area contributed by atoms with Crippen molar-refractivity contribution in [3.63, 3.8) is 0 Å². The van der Waals surface area contributed by atoms with Crippen LogP contribution in [0.3, 0.4) is 0 Å². The third-order valence-corrected chi connectivity index (χ3v) is 8.97. The third-order valence-electron chi connectivity index (χ3n) is 8.23. The molecule has 2 N–H and O–H groups in total. The molecule has 5 rings (SSSR count). The second-order valence-electron chi connectivity index (χ2n) is 11.0. The number of hydrogen-bond acceptors (Lipinski definition) is 5. The molecule has 1 aliphatic heterocycles. The lowest BCUT2D eigenvalue weighted by Gasteiger charge is -2.34. The van der Waals surface area contributed by atoms with Crippen LogP contribution in [0.5, 0.6) is 5.75 Å². The van der Waals surface area contributed by atoms with Crippen LogP contribution in [0.25, 0.3) is 0 Å². The first-order valence-corrected chi connectivity index (χ1v) is 15.4. The Balaban J connectivity index is 0.00000405. The zero-order chi connectivity index (χ0) is 28.8. The van der Waals surface area contributed by atoms with Crippen molar-refractivity contribution in [1.82, 2.24) is 5.43 Å². The number of anilines is 3. The zero-order valence-corrected chi connectivity index (χ0v) is 26.4. The highest BCUT2D eigenvalue weighted by Crippen LogP contribution is 2.37. The molecule has 1 aliphatic carbocycles. The molecule has 224 valence electrons. The van der Waals surface area contributed by atoms with E-state index in [2.05, 4.69) is 62.7 Å². The van der Waals surface area contributed by atoms with Crippen molar-refractivity contribution in [2.75, 3.05) is 30.1 Å². The summed E-state index contributed by atoms with van der Waals surface area (Å²) in [5.41, 5.74) is 8.12. The minimum Gasteiger partial charge on any atom is -0.496 e. The van der Waals surface area contributed by atoms with E-state index < -0.39 is 5.97 Å². The molecular weight excluding hydrogens is 618 g/mol. The van der Waals surface area contributed by atoms with E-state index in [9.17, 15) is 14.7 Å². The number of rotatable bonds is 9. The fourth-order valence-electron chi connectivity index (χ4n) is 6.05. The molecular formula is C33H39BrClN3O4. The number of piperidine rings is 1. The quantitative estimate of drug-likeness (QED) is 0.227. The van der Waals surface area contributed by atoms with Gasteiger partial charge >= 0.3 is 5.97 Å². The molecule has 1 amide bonds. The number of carboxylic acids is 1. The van der Waals surface area contributed by atoms with Crippen molar-refractivity contribution in [1.29, 1.82) is 0 Å². The molecule has 0 aromatic heterocycles. The lowest BCUT2D eigenvalue weighted by molar-refractivity contribution is -0.120. The Kier molecular flexibility index (Phi) is 11.2. The smallest absolute Gasteiger partial charge is 0.339 e. The Morgan fingerprint density at radius 1 is 0.976 bits per heavy atom. The van der Waals surface area contributed by atoms with Crippen molar-refractivity contribution in [3.05, 3.63) is 81.8 Å². The zero-order valence-electron chi connectivity index (χ0n) is 24.0. The fraction of sp³-hybridized carbons (Fsp3) is 0.394. The summed E-state index contributed by atoms with van der Waals surface area (Å²) < 4.78 is 5.84. The van der Waals surface area contributed by atoms with Crippen LogP contribution >= 0.6 is 28.3 Å². The Morgan fingerprint density at radius 3 is 2.31 bits per heavy atom. The number of benzene rings is 3. The molecule has 2 fully saturated rings. The van der Waals surface area contributed by atoms with Crippen molar-refractivity contribution in [2.24, 2.45) is 0 Å². The maximum atomic E-state index is 13.6. The minimum atomic E-state index is -1.09. The van der Waals surface area contributed by atoms with E-state index in [0.29, 0.717) is 16.0 Å². The summed E-state index contributed by atoms with van der Waals surface area (Å²) in [5.74, 6) is -0.493. The van der Waals surface area contributed by atoms with Gasteiger partial charge in [-0.2, -0.15) is 0 Å². The van der Waals surface area contributed by atoms with E-state index in [4.69, 9.17) is 4.74 Å². The van der Waals surface area contributed by atoms with Gasteiger partial charge in [0.15, 0.2) is 0 Å². The summed E-state index contributed by atoms with van der Waals surface area (Å²) in [4.78, 5) is 27.6. The fourth-order valence-corrected chi connectivity index (χ4v) is 6.54. The van der Waals surface area contributed by atoms with Gasteiger partial charge in [-0.05, 0) is 85.5 Å². The number of hydrazine groups is 1. The minimum absolute atomic E-state index is 0. The van der Waals surface area contributed by atoms with Crippen LogP contribution in [0.4, 0.5) is 17.1 Å². The summed E-state index contributed by atoms with van der Waals surface area (Å²) in [7, 11) is 1.43. The second-order valence-corrected chi connectivity index (χ2v) is 11.8. The van der Waals surface area contributed by atoms with Crippen LogP contribution < -0.4 is 20.1 Å². The van der Waals surface area contributed by atoms with Crippen molar-refractivity contribution < 1.29 is 19.4 Å². The lowest BCUT2D eigenvalue weighted by Crippen LogP contribution is -2.41. The van der Waals surface area contributed by atoms with Crippen LogP contribution in [0.1, 0.15) is 78.8 Å². The van der Waals surface area contributed by atoms with E-state index in [0.717, 1.165) is 43.0 Å². The van der Waals surface area contributed by atoms with Gasteiger partial charge in [-0.25, -0.2) is 4.79 Å². The van der Waals surface area contributed by atoms with Crippen LogP contribution in [0.15, 0.2) is 65.1 Å². The van der Waals surface area contributed by atoms with Crippen molar-refractivity contribution >= 4 is 57.3 Å². The third kappa shape index (κ3) is 7.39. The Labute approximate surface area is 262 Å². The highest BCUT2D eigenvalue weighted by Gasteiger charge is 2.23. The Hall–Kier alpha value is -3.23. The number of nitrogens with zero attached hydrogens (tertiary/aromatic N) is 2. The predicted octanol–water partition coefficient (Wildman–Crippen LogP) is 8.03. The summed E-state index contributed by atoms with van der Waals surface area (Å²) in [5, 5.41) is 11.4. The first kappa shape index (κ1) is 31.7. The molecule has 1 saturated heterocycles. The van der Waals surface area contributed by atoms with Crippen LogP contribution in [0, 0.1) is 0 Å². The van der Waals surface area contributed by atoms with Crippen LogP contribution in [-0.2, 0) is 11.2 Å². The first-order chi connectivity index (χ1) is 19.9. The average Bonchev–Trinajstić information content (AvgIpc) is 3.01. The summed E-state index contributed by atoms with van der Waals surface area (Å²) in [6.07, 6.45) is 9.94. The van der Waals surface area contributed by atoms with E-state index >= 15 is 0 Å². The summed E-state index contributed by atoms with van der Waals surface area (Å²) >= 11 is 3.45. The van der Waals surface area contributed by atoms with Crippen molar-refractivity contribution in [3.8, 4) is 5.75 Å². The van der Waals surface area contributed by atoms with Gasteiger partial charge in [0, 0.05) is 17.6 Å². The predicted molar refractivity (Wildman–Crippen MR) is 174 cm³/mol. The van der Waals surface area contributed by atoms with Gasteiger partial charge in [0.05, 0.1) is 30.6 Å². The SMILES string of the molecule is COc1cc(CC(=O)NN(c2ccc(C3CCCCC3)cc2)c2ccccc2N2CCCCC2)c(Br)cc1C(=O)O.Cl. The van der Waals surface area contributed by atoms with E-state index in [1.165, 1.54) is 57.3 Å². The molecule has 0 unspecified atom stereocenters. The molecule has 9 heteroatoms. The number of hydrogen-bond donors (Lipinski definition) is 2. The number of methoxy groups -OCH3 is 1. The van der Waals surface area contributed by atoms with E-state index in [1.54, 1.807) is 6.07 Å². The van der Waals surface area contributed by atoms with E-state index in [-0.39, 0.29) is 36.0 Å². The number of aromatic carboxylic acids is 1. The van der Waals surface area contributed by atoms with Crippen LogP contribution in [-0.4, -0.2) is 37.2 Å². The monoisotopic (exact) mass is 655 g/mol. The summed E-state index contributed by atoms with van der Waals surface area (Å²) in [6, 6.07) is 20.0. The standard InChI is InChI=1S/C33H38BrN3O4.ClH/c1-41-31-20-25(28(34)22-27(31)33(39)40)21-32(38)35-37(26-16-14-24(15-17-26)23-10-4-2-5-11-23)30-13-7-6-12-29(30)36-18-8-3-9-19-36;/h6-7,12-17,20,22-23H,2-5,8-11,18-19,21H2,1H3,(H,35,38)(H,39,40);1H. The number of ether oxygens (including phenoxy) is 1. The molecule has 2 aliphatic rings.